The maximum atomic E-state index is 13.6. The highest BCUT2D eigenvalue weighted by Crippen LogP contribution is 2.31. The molecule has 1 fully saturated rings. The van der Waals surface area contributed by atoms with E-state index in [4.69, 9.17) is 4.74 Å². The Kier molecular flexibility index (Phi) is 5.34. The highest BCUT2D eigenvalue weighted by Gasteiger charge is 2.39. The van der Waals surface area contributed by atoms with E-state index in [2.05, 4.69) is 15.1 Å². The molecular formula is C21H23F2N5O3. The van der Waals surface area contributed by atoms with Crippen molar-refractivity contribution in [1.82, 2.24) is 19.9 Å². The van der Waals surface area contributed by atoms with Crippen molar-refractivity contribution >= 4 is 12.2 Å². The van der Waals surface area contributed by atoms with Crippen LogP contribution in [0.3, 0.4) is 0 Å². The lowest BCUT2D eigenvalue weighted by atomic mass is 10.0. The summed E-state index contributed by atoms with van der Waals surface area (Å²) in [6, 6.07) is 3.87. The molecule has 1 aromatic heterocycles. The number of likely N-dealkylation sites (tertiary alicyclic amines) is 1. The van der Waals surface area contributed by atoms with Gasteiger partial charge in [0.15, 0.2) is 0 Å². The van der Waals surface area contributed by atoms with Crippen LogP contribution in [-0.4, -0.2) is 56.4 Å². The van der Waals surface area contributed by atoms with Crippen LogP contribution in [0.1, 0.15) is 43.4 Å². The van der Waals surface area contributed by atoms with Crippen molar-refractivity contribution in [1.29, 1.82) is 0 Å². The molecule has 0 bridgehead atoms. The summed E-state index contributed by atoms with van der Waals surface area (Å²) >= 11 is 0. The number of amides is 2. The predicted octanol–water partition coefficient (Wildman–Crippen LogP) is 2.91. The third-order valence-electron chi connectivity index (χ3n) is 5.14. The monoisotopic (exact) mass is 431 g/mol. The smallest absolute Gasteiger partial charge is 0.341 e. The van der Waals surface area contributed by atoms with E-state index < -0.39 is 23.3 Å². The summed E-state index contributed by atoms with van der Waals surface area (Å²) in [6.45, 7) is 5.59. The van der Waals surface area contributed by atoms with E-state index in [-0.39, 0.29) is 12.1 Å². The molecule has 1 saturated heterocycles. The van der Waals surface area contributed by atoms with Crippen LogP contribution in [0, 0.1) is 18.6 Å². The van der Waals surface area contributed by atoms with Gasteiger partial charge >= 0.3 is 6.03 Å². The lowest BCUT2D eigenvalue weighted by molar-refractivity contribution is 0.0242. The molecule has 0 spiro atoms. The number of urea groups is 1. The van der Waals surface area contributed by atoms with Crippen molar-refractivity contribution in [3.8, 4) is 5.88 Å². The Morgan fingerprint density at radius 3 is 2.48 bits per heavy atom. The number of hydrogen-bond acceptors (Lipinski definition) is 6. The van der Waals surface area contributed by atoms with Gasteiger partial charge in [0.1, 0.15) is 29.2 Å². The molecule has 8 nitrogen and oxygen atoms in total. The van der Waals surface area contributed by atoms with Gasteiger partial charge in [-0.05, 0) is 38.5 Å². The number of halogens is 2. The summed E-state index contributed by atoms with van der Waals surface area (Å²) in [7, 11) is 0. The van der Waals surface area contributed by atoms with Crippen LogP contribution < -0.4 is 4.74 Å². The lowest BCUT2D eigenvalue weighted by Gasteiger charge is -2.40. The number of ether oxygens (including phenoxy) is 1. The van der Waals surface area contributed by atoms with Crippen molar-refractivity contribution in [3.63, 3.8) is 0 Å². The van der Waals surface area contributed by atoms with Crippen molar-refractivity contribution in [3.05, 3.63) is 53.0 Å². The van der Waals surface area contributed by atoms with Gasteiger partial charge in [0.25, 0.3) is 0 Å². The Labute approximate surface area is 178 Å². The zero-order valence-electron chi connectivity index (χ0n) is 17.4. The molecule has 10 heteroatoms. The van der Waals surface area contributed by atoms with Gasteiger partial charge in [-0.25, -0.2) is 23.6 Å². The minimum atomic E-state index is -1.13. The molecule has 1 N–H and O–H groups in total. The van der Waals surface area contributed by atoms with Gasteiger partial charge in [-0.3, -0.25) is 0 Å². The van der Waals surface area contributed by atoms with Gasteiger partial charge in [-0.2, -0.15) is 10.1 Å². The summed E-state index contributed by atoms with van der Waals surface area (Å²) in [5.74, 6) is -0.595. The van der Waals surface area contributed by atoms with Crippen molar-refractivity contribution < 1.29 is 23.4 Å². The van der Waals surface area contributed by atoms with Crippen molar-refractivity contribution in [2.24, 2.45) is 5.10 Å². The second-order valence-corrected chi connectivity index (χ2v) is 8.22. The number of aryl methyl sites for hydroxylation is 1. The fourth-order valence-corrected chi connectivity index (χ4v) is 3.54. The molecule has 1 atom stereocenters. The zero-order valence-corrected chi connectivity index (χ0v) is 17.4. The summed E-state index contributed by atoms with van der Waals surface area (Å²) in [5.41, 5.74) is -0.335. The summed E-state index contributed by atoms with van der Waals surface area (Å²) in [6.07, 6.45) is 1.66. The third kappa shape index (κ3) is 4.48. The maximum absolute atomic E-state index is 13.6. The fourth-order valence-electron chi connectivity index (χ4n) is 3.54. The first-order chi connectivity index (χ1) is 14.6. The first kappa shape index (κ1) is 21.1. The summed E-state index contributed by atoms with van der Waals surface area (Å²) < 4.78 is 33.0. The molecule has 0 saturated carbocycles. The zero-order chi connectivity index (χ0) is 22.3. The average Bonchev–Trinajstić information content (AvgIpc) is 3.12. The molecule has 0 unspecified atom stereocenters. The molecule has 2 aliphatic heterocycles. The normalized spacial score (nSPS) is 19.0. The SMILES string of the molecule is Cc1nc(OC2CN(C(=O)N3N=CC[C@H]3c3cc(F)cc(F)c3)C2)cc(C(C)(C)O)n1. The highest BCUT2D eigenvalue weighted by molar-refractivity contribution is 5.79. The van der Waals surface area contributed by atoms with Crippen LogP contribution in [-0.2, 0) is 5.60 Å². The van der Waals surface area contributed by atoms with Gasteiger partial charge in [-0.15, -0.1) is 0 Å². The number of hydrogen-bond donors (Lipinski definition) is 1. The van der Waals surface area contributed by atoms with Crippen LogP contribution in [0.5, 0.6) is 5.88 Å². The Bertz CT molecular complexity index is 1010. The maximum Gasteiger partial charge on any atom is 0.341 e. The fraction of sp³-hybridized carbons (Fsp3) is 0.429. The van der Waals surface area contributed by atoms with Crippen LogP contribution in [0.2, 0.25) is 0 Å². The molecule has 2 amide bonds. The number of aliphatic hydroxyl groups is 1. The topological polar surface area (TPSA) is 91.2 Å². The average molecular weight is 431 g/mol. The molecule has 2 aromatic rings. The summed E-state index contributed by atoms with van der Waals surface area (Å²) in [4.78, 5) is 22.8. The molecule has 31 heavy (non-hydrogen) atoms. The molecule has 164 valence electrons. The van der Waals surface area contributed by atoms with Crippen molar-refractivity contribution in [2.75, 3.05) is 13.1 Å². The number of carbonyl (C=O) groups is 1. The number of benzene rings is 1. The van der Waals surface area contributed by atoms with Crippen molar-refractivity contribution in [2.45, 2.75) is 44.9 Å². The van der Waals surface area contributed by atoms with E-state index >= 15 is 0 Å². The largest absolute Gasteiger partial charge is 0.470 e. The Morgan fingerprint density at radius 1 is 1.16 bits per heavy atom. The third-order valence-corrected chi connectivity index (χ3v) is 5.14. The summed E-state index contributed by atoms with van der Waals surface area (Å²) in [5, 5.41) is 15.5. The minimum Gasteiger partial charge on any atom is -0.470 e. The number of hydrazone groups is 1. The number of carbonyl (C=O) groups excluding carboxylic acids is 1. The molecular weight excluding hydrogens is 408 g/mol. The minimum absolute atomic E-state index is 0.274. The number of rotatable bonds is 4. The van der Waals surface area contributed by atoms with Crippen LogP contribution in [0.15, 0.2) is 29.4 Å². The highest BCUT2D eigenvalue weighted by atomic mass is 19.1. The van der Waals surface area contributed by atoms with Crippen LogP contribution in [0.4, 0.5) is 13.6 Å². The number of aromatic nitrogens is 2. The lowest BCUT2D eigenvalue weighted by Crippen LogP contribution is -2.59. The van der Waals surface area contributed by atoms with E-state index in [1.165, 1.54) is 17.1 Å². The first-order valence-corrected chi connectivity index (χ1v) is 9.92. The van der Waals surface area contributed by atoms with Gasteiger partial charge in [0.2, 0.25) is 5.88 Å². The standard InChI is InChI=1S/C21H23F2N5O3/c1-12-25-18(21(2,3)30)9-19(26-12)31-16-10-27(11-16)20(29)28-17(4-5-24-28)13-6-14(22)8-15(23)7-13/h5-9,16-17,30H,4,10-11H2,1-3H3/t17-/m0/s1. The second kappa shape index (κ2) is 7.84. The predicted molar refractivity (Wildman–Crippen MR) is 107 cm³/mol. The second-order valence-electron chi connectivity index (χ2n) is 8.22. The molecule has 0 radical (unpaired) electrons. The first-order valence-electron chi connectivity index (χ1n) is 9.92. The van der Waals surface area contributed by atoms with E-state index in [1.807, 2.05) is 0 Å². The molecule has 4 rings (SSSR count). The Morgan fingerprint density at radius 2 is 1.84 bits per heavy atom. The van der Waals surface area contributed by atoms with Crippen LogP contribution >= 0.6 is 0 Å². The Hall–Kier alpha value is -3.14. The van der Waals surface area contributed by atoms with E-state index in [1.54, 1.807) is 38.0 Å². The van der Waals surface area contributed by atoms with Gasteiger partial charge in [0.05, 0.1) is 24.8 Å². The van der Waals surface area contributed by atoms with Gasteiger partial charge < -0.3 is 14.7 Å². The Balaban J connectivity index is 1.39. The van der Waals surface area contributed by atoms with Gasteiger partial charge in [0, 0.05) is 24.8 Å². The van der Waals surface area contributed by atoms with E-state index in [0.29, 0.717) is 42.5 Å². The quantitative estimate of drug-likeness (QED) is 0.804. The molecule has 1 aromatic carbocycles. The van der Waals surface area contributed by atoms with E-state index in [0.717, 1.165) is 6.07 Å². The van der Waals surface area contributed by atoms with E-state index in [9.17, 15) is 18.7 Å². The van der Waals surface area contributed by atoms with Crippen LogP contribution in [0.25, 0.3) is 0 Å². The molecule has 3 heterocycles. The molecule has 2 aliphatic rings. The van der Waals surface area contributed by atoms with Gasteiger partial charge in [-0.1, -0.05) is 0 Å². The molecule has 0 aliphatic carbocycles. The number of nitrogens with zero attached hydrogens (tertiary/aromatic N) is 5.